The normalized spacial score (nSPS) is 17.4. The molecule has 1 aromatic carbocycles. The van der Waals surface area contributed by atoms with Gasteiger partial charge < -0.3 is 19.6 Å². The molecule has 1 fully saturated rings. The van der Waals surface area contributed by atoms with Gasteiger partial charge in [0.25, 0.3) is 0 Å². The molecule has 0 unspecified atom stereocenters. The summed E-state index contributed by atoms with van der Waals surface area (Å²) in [6, 6.07) is 8.83. The Morgan fingerprint density at radius 2 is 2.21 bits per heavy atom. The van der Waals surface area contributed by atoms with Crippen LogP contribution in [0.2, 0.25) is 0 Å². The molecule has 0 amide bonds. The number of nitrogens with one attached hydrogen (secondary N) is 2. The lowest BCUT2D eigenvalue weighted by molar-refractivity contribution is 0.0518. The Morgan fingerprint density at radius 1 is 1.33 bits per heavy atom. The summed E-state index contributed by atoms with van der Waals surface area (Å²) in [5.41, 5.74) is 2.51. The summed E-state index contributed by atoms with van der Waals surface area (Å²) in [7, 11) is 2.07. The van der Waals surface area contributed by atoms with E-state index in [4.69, 9.17) is 4.74 Å². The van der Waals surface area contributed by atoms with Crippen LogP contribution < -0.4 is 5.32 Å². The average Bonchev–Trinajstić information content (AvgIpc) is 3.26. The molecule has 0 bridgehead atoms. The first-order valence-corrected chi connectivity index (χ1v) is 8.66. The maximum atomic E-state index is 5.55. The number of hydrogen-bond donors (Lipinski definition) is 2. The van der Waals surface area contributed by atoms with Crippen molar-refractivity contribution in [3.8, 4) is 0 Å². The number of aryl methyl sites for hydroxylation is 1. The highest BCUT2D eigenvalue weighted by molar-refractivity contribution is 5.82. The van der Waals surface area contributed by atoms with E-state index in [9.17, 15) is 0 Å². The molecule has 5 nitrogen and oxygen atoms in total. The van der Waals surface area contributed by atoms with E-state index in [-0.39, 0.29) is 6.04 Å². The number of ether oxygens (including phenoxy) is 1. The molecule has 1 saturated heterocycles. The predicted octanol–water partition coefficient (Wildman–Crippen LogP) is 3.16. The topological polar surface area (TPSA) is 54.9 Å². The molecule has 5 heteroatoms. The highest BCUT2D eigenvalue weighted by atomic mass is 16.5. The van der Waals surface area contributed by atoms with Crippen LogP contribution in [0.5, 0.6) is 0 Å². The van der Waals surface area contributed by atoms with Crippen molar-refractivity contribution in [2.75, 3.05) is 13.2 Å². The quantitative estimate of drug-likeness (QED) is 0.758. The third-order valence-electron chi connectivity index (χ3n) is 5.07. The molecule has 3 heterocycles. The minimum absolute atomic E-state index is 0.253. The Hall–Kier alpha value is -2.11. The Bertz CT molecular complexity index is 800. The smallest absolute Gasteiger partial charge is 0.125 e. The second-order valence-electron chi connectivity index (χ2n) is 6.56. The number of rotatable bonds is 5. The number of imidazole rings is 1. The summed E-state index contributed by atoms with van der Waals surface area (Å²) >= 11 is 0. The molecule has 0 saturated carbocycles. The third kappa shape index (κ3) is 2.97. The standard InChI is InChI=1S/C19H24N4O/c1-23-10-9-21-19(23)18(14-6-11-24-12-7-14)22-13-15-3-2-4-17-16(15)5-8-20-17/h2-5,8-10,14,18,20,22H,6-7,11-13H2,1H3/t18-/m0/s1. The monoisotopic (exact) mass is 324 g/mol. The number of benzene rings is 1. The van der Waals surface area contributed by atoms with Crippen LogP contribution in [0.4, 0.5) is 0 Å². The summed E-state index contributed by atoms with van der Waals surface area (Å²) in [4.78, 5) is 7.90. The van der Waals surface area contributed by atoms with E-state index in [0.29, 0.717) is 5.92 Å². The molecule has 1 aliphatic rings. The zero-order valence-electron chi connectivity index (χ0n) is 14.0. The fourth-order valence-corrected chi connectivity index (χ4v) is 3.72. The van der Waals surface area contributed by atoms with Crippen molar-refractivity contribution in [3.63, 3.8) is 0 Å². The highest BCUT2D eigenvalue weighted by Crippen LogP contribution is 2.30. The first kappa shape index (κ1) is 15.4. The Morgan fingerprint density at radius 3 is 3.00 bits per heavy atom. The van der Waals surface area contributed by atoms with Gasteiger partial charge in [-0.1, -0.05) is 12.1 Å². The lowest BCUT2D eigenvalue weighted by Gasteiger charge is -2.31. The van der Waals surface area contributed by atoms with Crippen molar-refractivity contribution in [2.24, 2.45) is 13.0 Å². The van der Waals surface area contributed by atoms with E-state index in [2.05, 4.69) is 51.2 Å². The van der Waals surface area contributed by atoms with Crippen molar-refractivity contribution < 1.29 is 4.74 Å². The molecular weight excluding hydrogens is 300 g/mol. The van der Waals surface area contributed by atoms with Gasteiger partial charge in [-0.15, -0.1) is 0 Å². The van der Waals surface area contributed by atoms with Gasteiger partial charge in [-0.2, -0.15) is 0 Å². The molecule has 0 aliphatic carbocycles. The Labute approximate surface area is 142 Å². The van der Waals surface area contributed by atoms with E-state index in [1.54, 1.807) is 0 Å². The average molecular weight is 324 g/mol. The SMILES string of the molecule is Cn1ccnc1[C@@H](NCc1cccc2[nH]ccc12)C1CCOCC1. The molecule has 3 aromatic rings. The van der Waals surface area contributed by atoms with E-state index in [1.165, 1.54) is 16.5 Å². The summed E-state index contributed by atoms with van der Waals surface area (Å²) in [6.45, 7) is 2.53. The first-order chi connectivity index (χ1) is 11.8. The second-order valence-corrected chi connectivity index (χ2v) is 6.56. The van der Waals surface area contributed by atoms with Crippen molar-refractivity contribution in [1.29, 1.82) is 0 Å². The van der Waals surface area contributed by atoms with Crippen LogP contribution >= 0.6 is 0 Å². The van der Waals surface area contributed by atoms with Gasteiger partial charge in [-0.25, -0.2) is 4.98 Å². The van der Waals surface area contributed by atoms with Crippen LogP contribution in [0.25, 0.3) is 10.9 Å². The van der Waals surface area contributed by atoms with Crippen molar-refractivity contribution in [2.45, 2.75) is 25.4 Å². The highest BCUT2D eigenvalue weighted by Gasteiger charge is 2.27. The third-order valence-corrected chi connectivity index (χ3v) is 5.07. The van der Waals surface area contributed by atoms with Gasteiger partial charge in [0, 0.05) is 56.3 Å². The minimum Gasteiger partial charge on any atom is -0.381 e. The predicted molar refractivity (Wildman–Crippen MR) is 94.6 cm³/mol. The summed E-state index contributed by atoms with van der Waals surface area (Å²) in [6.07, 6.45) is 8.08. The van der Waals surface area contributed by atoms with Gasteiger partial charge in [-0.3, -0.25) is 0 Å². The van der Waals surface area contributed by atoms with Crippen LogP contribution in [-0.4, -0.2) is 27.7 Å². The van der Waals surface area contributed by atoms with Crippen LogP contribution in [0.1, 0.15) is 30.3 Å². The van der Waals surface area contributed by atoms with Crippen molar-refractivity contribution in [3.05, 3.63) is 54.2 Å². The van der Waals surface area contributed by atoms with Crippen LogP contribution in [0.15, 0.2) is 42.9 Å². The maximum Gasteiger partial charge on any atom is 0.125 e. The first-order valence-electron chi connectivity index (χ1n) is 8.66. The summed E-state index contributed by atoms with van der Waals surface area (Å²) < 4.78 is 7.68. The second kappa shape index (κ2) is 6.79. The molecule has 2 N–H and O–H groups in total. The number of fused-ring (bicyclic) bond motifs is 1. The lowest BCUT2D eigenvalue weighted by Crippen LogP contribution is -2.33. The largest absolute Gasteiger partial charge is 0.381 e. The van der Waals surface area contributed by atoms with Gasteiger partial charge >= 0.3 is 0 Å². The molecule has 24 heavy (non-hydrogen) atoms. The number of H-pyrrole nitrogens is 1. The molecule has 0 spiro atoms. The van der Waals surface area contributed by atoms with Gasteiger partial charge in [0.2, 0.25) is 0 Å². The number of nitrogens with zero attached hydrogens (tertiary/aromatic N) is 2. The van der Waals surface area contributed by atoms with Crippen LogP contribution in [0.3, 0.4) is 0 Å². The Balaban J connectivity index is 1.57. The van der Waals surface area contributed by atoms with Gasteiger partial charge in [-0.05, 0) is 36.5 Å². The minimum atomic E-state index is 0.253. The van der Waals surface area contributed by atoms with E-state index in [0.717, 1.165) is 38.4 Å². The fourth-order valence-electron chi connectivity index (χ4n) is 3.72. The zero-order chi connectivity index (χ0) is 16.4. The molecule has 4 rings (SSSR count). The number of aromatic nitrogens is 3. The van der Waals surface area contributed by atoms with Crippen LogP contribution in [-0.2, 0) is 18.3 Å². The van der Waals surface area contributed by atoms with Gasteiger partial charge in [0.15, 0.2) is 0 Å². The van der Waals surface area contributed by atoms with Crippen LogP contribution in [0, 0.1) is 5.92 Å². The molecule has 1 atom stereocenters. The number of aromatic amines is 1. The van der Waals surface area contributed by atoms with Gasteiger partial charge in [0.05, 0.1) is 6.04 Å². The van der Waals surface area contributed by atoms with E-state index < -0.39 is 0 Å². The van der Waals surface area contributed by atoms with Crippen molar-refractivity contribution in [1.82, 2.24) is 19.9 Å². The maximum absolute atomic E-state index is 5.55. The van der Waals surface area contributed by atoms with Gasteiger partial charge in [0.1, 0.15) is 5.82 Å². The number of hydrogen-bond acceptors (Lipinski definition) is 3. The summed E-state index contributed by atoms with van der Waals surface area (Å²) in [5.74, 6) is 1.67. The molecular formula is C19H24N4O. The zero-order valence-corrected chi connectivity index (χ0v) is 14.0. The molecule has 126 valence electrons. The molecule has 2 aromatic heterocycles. The van der Waals surface area contributed by atoms with E-state index in [1.807, 2.05) is 18.6 Å². The van der Waals surface area contributed by atoms with Crippen molar-refractivity contribution >= 4 is 10.9 Å². The molecule has 0 radical (unpaired) electrons. The van der Waals surface area contributed by atoms with E-state index >= 15 is 0 Å². The molecule has 1 aliphatic heterocycles. The Kier molecular flexibility index (Phi) is 4.36. The lowest BCUT2D eigenvalue weighted by atomic mass is 9.90. The summed E-state index contributed by atoms with van der Waals surface area (Å²) in [5, 5.41) is 5.07. The fraction of sp³-hybridized carbons (Fsp3) is 0.421.